The molecule has 0 fully saturated rings. The van der Waals surface area contributed by atoms with Gasteiger partial charge in [0.1, 0.15) is 15.2 Å². The van der Waals surface area contributed by atoms with Crippen LogP contribution in [-0.4, -0.2) is 31.0 Å². The number of carbonyl (C=O) groups is 1. The van der Waals surface area contributed by atoms with Crippen molar-refractivity contribution in [1.29, 1.82) is 0 Å². The van der Waals surface area contributed by atoms with Crippen molar-refractivity contribution in [3.8, 4) is 0 Å². The number of rotatable bonds is 7. The number of thiophene rings is 1. The minimum atomic E-state index is -3.68. The fraction of sp³-hybridized carbons (Fsp3) is 0.267. The monoisotopic (exact) mass is 381 g/mol. The molecule has 1 unspecified atom stereocenters. The molecule has 0 aromatic carbocycles. The smallest absolute Gasteiger partial charge is 0.227 e. The normalized spacial score (nSPS) is 12.8. The van der Waals surface area contributed by atoms with E-state index < -0.39 is 21.0 Å². The molecule has 1 amide bonds. The molecule has 132 valence electrons. The van der Waals surface area contributed by atoms with Gasteiger partial charge >= 0.3 is 0 Å². The van der Waals surface area contributed by atoms with Gasteiger partial charge in [-0.05, 0) is 23.6 Å². The van der Waals surface area contributed by atoms with E-state index in [1.807, 2.05) is 0 Å². The van der Waals surface area contributed by atoms with Crippen molar-refractivity contribution in [3.63, 3.8) is 0 Å². The maximum Gasteiger partial charge on any atom is 0.227 e. The van der Waals surface area contributed by atoms with Gasteiger partial charge in [0.25, 0.3) is 0 Å². The Morgan fingerprint density at radius 2 is 2.20 bits per heavy atom. The fourth-order valence-corrected chi connectivity index (χ4v) is 5.02. The third-order valence-electron chi connectivity index (χ3n) is 3.38. The lowest BCUT2D eigenvalue weighted by Crippen LogP contribution is -2.32. The molecule has 3 rings (SSSR count). The highest BCUT2D eigenvalue weighted by molar-refractivity contribution is 7.93. The molecule has 0 aliphatic heterocycles. The molecule has 0 spiro atoms. The van der Waals surface area contributed by atoms with Crippen molar-refractivity contribution in [2.45, 2.75) is 22.8 Å². The molecule has 0 saturated heterocycles. The van der Waals surface area contributed by atoms with E-state index in [0.717, 1.165) is 11.3 Å². The van der Waals surface area contributed by atoms with Gasteiger partial charge in [0, 0.05) is 13.5 Å². The SMILES string of the molecule is Cc1nc(CC(=O)NCC(c2ccco2)S(=O)(=O)c2cccs2)no1. The molecule has 0 radical (unpaired) electrons. The molecule has 25 heavy (non-hydrogen) atoms. The maximum absolute atomic E-state index is 12.8. The molecular weight excluding hydrogens is 366 g/mol. The number of hydrogen-bond donors (Lipinski definition) is 1. The Morgan fingerprint density at radius 3 is 2.80 bits per heavy atom. The zero-order valence-corrected chi connectivity index (χ0v) is 14.8. The molecule has 0 aliphatic carbocycles. The quantitative estimate of drug-likeness (QED) is 0.664. The number of carbonyl (C=O) groups excluding carboxylic acids is 1. The van der Waals surface area contributed by atoms with E-state index in [0.29, 0.717) is 5.89 Å². The second kappa shape index (κ2) is 7.19. The zero-order valence-electron chi connectivity index (χ0n) is 13.2. The largest absolute Gasteiger partial charge is 0.468 e. The molecule has 10 heteroatoms. The number of aryl methyl sites for hydroxylation is 1. The lowest BCUT2D eigenvalue weighted by Gasteiger charge is -2.15. The summed E-state index contributed by atoms with van der Waals surface area (Å²) in [6.07, 6.45) is 1.30. The van der Waals surface area contributed by atoms with Gasteiger partial charge < -0.3 is 14.3 Å². The Hall–Kier alpha value is -2.46. The summed E-state index contributed by atoms with van der Waals surface area (Å²) in [6, 6.07) is 6.37. The summed E-state index contributed by atoms with van der Waals surface area (Å²) in [5.41, 5.74) is 0. The van der Waals surface area contributed by atoms with Crippen LogP contribution in [0.1, 0.15) is 22.7 Å². The van der Waals surface area contributed by atoms with Crippen molar-refractivity contribution in [3.05, 3.63) is 53.4 Å². The van der Waals surface area contributed by atoms with Gasteiger partial charge in [-0.2, -0.15) is 4.98 Å². The van der Waals surface area contributed by atoms with E-state index in [9.17, 15) is 13.2 Å². The van der Waals surface area contributed by atoms with Crippen LogP contribution in [0.4, 0.5) is 0 Å². The second-order valence-corrected chi connectivity index (χ2v) is 8.50. The minimum Gasteiger partial charge on any atom is -0.468 e. The molecule has 8 nitrogen and oxygen atoms in total. The summed E-state index contributed by atoms with van der Waals surface area (Å²) in [5, 5.41) is 6.91. The van der Waals surface area contributed by atoms with Crippen LogP contribution in [0, 0.1) is 6.92 Å². The van der Waals surface area contributed by atoms with Crippen LogP contribution in [0.25, 0.3) is 0 Å². The summed E-state index contributed by atoms with van der Waals surface area (Å²) >= 11 is 1.12. The first-order chi connectivity index (χ1) is 12.0. The molecule has 3 aromatic heterocycles. The Bertz CT molecular complexity index is 930. The number of amides is 1. The average Bonchev–Trinajstić information content (AvgIpc) is 3.29. The van der Waals surface area contributed by atoms with Gasteiger partial charge in [-0.25, -0.2) is 8.42 Å². The van der Waals surface area contributed by atoms with Crippen LogP contribution in [0.3, 0.4) is 0 Å². The van der Waals surface area contributed by atoms with Gasteiger partial charge in [-0.1, -0.05) is 11.2 Å². The second-order valence-electron chi connectivity index (χ2n) is 5.19. The van der Waals surface area contributed by atoms with Gasteiger partial charge in [0.05, 0.1) is 12.7 Å². The van der Waals surface area contributed by atoms with E-state index in [1.54, 1.807) is 30.5 Å². The maximum atomic E-state index is 12.8. The van der Waals surface area contributed by atoms with Crippen LogP contribution < -0.4 is 5.32 Å². The molecular formula is C15H15N3O5S2. The Labute approximate surface area is 147 Å². The van der Waals surface area contributed by atoms with Gasteiger partial charge in [0.15, 0.2) is 15.7 Å². The van der Waals surface area contributed by atoms with E-state index in [-0.39, 0.29) is 28.8 Å². The first kappa shape index (κ1) is 17.4. The predicted molar refractivity (Wildman–Crippen MR) is 88.7 cm³/mol. The lowest BCUT2D eigenvalue weighted by molar-refractivity contribution is -0.120. The van der Waals surface area contributed by atoms with Gasteiger partial charge in [0.2, 0.25) is 11.8 Å². The molecule has 1 N–H and O–H groups in total. The molecule has 1 atom stereocenters. The molecule has 3 heterocycles. The van der Waals surface area contributed by atoms with Crippen molar-refractivity contribution >= 4 is 27.1 Å². The molecule has 0 bridgehead atoms. The van der Waals surface area contributed by atoms with Gasteiger partial charge in [-0.3, -0.25) is 4.79 Å². The molecule has 3 aromatic rings. The van der Waals surface area contributed by atoms with E-state index in [1.165, 1.54) is 12.3 Å². The van der Waals surface area contributed by atoms with E-state index in [2.05, 4.69) is 15.5 Å². The summed E-state index contributed by atoms with van der Waals surface area (Å²) in [5.74, 6) is 0.463. The first-order valence-electron chi connectivity index (χ1n) is 7.33. The Balaban J connectivity index is 1.74. The van der Waals surface area contributed by atoms with Crippen molar-refractivity contribution in [2.24, 2.45) is 0 Å². The fourth-order valence-electron chi connectivity index (χ4n) is 2.23. The van der Waals surface area contributed by atoms with Crippen molar-refractivity contribution in [1.82, 2.24) is 15.5 Å². The molecule has 0 saturated carbocycles. The van der Waals surface area contributed by atoms with Crippen LogP contribution in [-0.2, 0) is 21.1 Å². The summed E-state index contributed by atoms with van der Waals surface area (Å²) < 4.78 is 35.9. The van der Waals surface area contributed by atoms with Crippen LogP contribution in [0.2, 0.25) is 0 Å². The topological polar surface area (TPSA) is 115 Å². The van der Waals surface area contributed by atoms with Crippen LogP contribution >= 0.6 is 11.3 Å². The number of nitrogens with one attached hydrogen (secondary N) is 1. The Kier molecular flexibility index (Phi) is 5.00. The standard InChI is InChI=1S/C15H15N3O5S2/c1-10-17-13(18-23-10)8-14(19)16-9-12(11-4-2-6-22-11)25(20,21)15-5-3-7-24-15/h2-7,12H,8-9H2,1H3,(H,16,19). The Morgan fingerprint density at radius 1 is 1.36 bits per heavy atom. The average molecular weight is 381 g/mol. The summed E-state index contributed by atoms with van der Waals surface area (Å²) in [4.78, 5) is 16.0. The number of furan rings is 1. The van der Waals surface area contributed by atoms with Gasteiger partial charge in [-0.15, -0.1) is 11.3 Å². The number of sulfone groups is 1. The zero-order chi connectivity index (χ0) is 17.9. The number of aromatic nitrogens is 2. The highest BCUT2D eigenvalue weighted by Gasteiger charge is 2.32. The number of nitrogens with zero attached hydrogens (tertiary/aromatic N) is 2. The van der Waals surface area contributed by atoms with E-state index in [4.69, 9.17) is 8.94 Å². The lowest BCUT2D eigenvalue weighted by atomic mass is 10.3. The minimum absolute atomic E-state index is 0.0960. The third kappa shape index (κ3) is 3.97. The predicted octanol–water partition coefficient (Wildman–Crippen LogP) is 1.91. The third-order valence-corrected chi connectivity index (χ3v) is 6.88. The highest BCUT2D eigenvalue weighted by atomic mass is 32.2. The van der Waals surface area contributed by atoms with Crippen LogP contribution in [0.15, 0.2) is 49.1 Å². The summed E-state index contributed by atoms with van der Waals surface area (Å²) in [6.45, 7) is 1.50. The molecule has 0 aliphatic rings. The first-order valence-corrected chi connectivity index (χ1v) is 9.76. The number of hydrogen-bond acceptors (Lipinski definition) is 8. The van der Waals surface area contributed by atoms with E-state index >= 15 is 0 Å². The van der Waals surface area contributed by atoms with Crippen LogP contribution in [0.5, 0.6) is 0 Å². The van der Waals surface area contributed by atoms with Crippen molar-refractivity contribution in [2.75, 3.05) is 6.54 Å². The highest BCUT2D eigenvalue weighted by Crippen LogP contribution is 2.31. The summed E-state index contributed by atoms with van der Waals surface area (Å²) in [7, 11) is -3.68. The van der Waals surface area contributed by atoms with Crippen molar-refractivity contribution < 1.29 is 22.2 Å².